The van der Waals surface area contributed by atoms with Gasteiger partial charge in [0.15, 0.2) is 0 Å². The number of anilines is 2. The second-order valence-electron chi connectivity index (χ2n) is 7.18. The van der Waals surface area contributed by atoms with Crippen LogP contribution >= 0.6 is 13.5 Å². The van der Waals surface area contributed by atoms with E-state index < -0.39 is 23.6 Å². The van der Waals surface area contributed by atoms with Gasteiger partial charge in [0.05, 0.1) is 30.5 Å². The summed E-state index contributed by atoms with van der Waals surface area (Å²) in [6.45, 7) is 1.99. The second kappa shape index (κ2) is 10.2. The largest absolute Gasteiger partial charge is 0.481 e. The van der Waals surface area contributed by atoms with E-state index >= 15 is 0 Å². The van der Waals surface area contributed by atoms with Crippen molar-refractivity contribution in [1.29, 1.82) is 0 Å². The average molecular weight is 496 g/mol. The highest BCUT2D eigenvalue weighted by Gasteiger charge is 2.36. The number of methoxy groups -OCH3 is 1. The lowest BCUT2D eigenvalue weighted by Crippen LogP contribution is -2.43. The van der Waals surface area contributed by atoms with Gasteiger partial charge in [-0.15, -0.1) is 0 Å². The maximum absolute atomic E-state index is 13.2. The number of pyridine rings is 1. The Hall–Kier alpha value is -3.54. The molecular formula is C22H24F3N5O3S. The first-order valence-corrected chi connectivity index (χ1v) is 9.58. The standard InChI is InChI=1S/C21H18F3N5O3.CH4.H2S/c1-12-11-28(14-8-6-13(7-9-14)21(22,23)24)20(31)18-15(10-25-29(12)18)19(30)27-16-4-3-5-17(26-16)32-2;;/h3-10,12H,11H2,1-2H3,(H,26,27,30);1H4;1H2/t12-;;/m0../s1. The number of hydrogen-bond acceptors (Lipinski definition) is 5. The van der Waals surface area contributed by atoms with Crippen LogP contribution in [0.25, 0.3) is 0 Å². The minimum atomic E-state index is -4.48. The monoisotopic (exact) mass is 495 g/mol. The van der Waals surface area contributed by atoms with Crippen molar-refractivity contribution < 1.29 is 27.5 Å². The number of alkyl halides is 3. The molecule has 0 bridgehead atoms. The minimum absolute atomic E-state index is 0. The number of amides is 2. The molecule has 1 N–H and O–H groups in total. The number of rotatable bonds is 4. The Morgan fingerprint density at radius 3 is 2.47 bits per heavy atom. The van der Waals surface area contributed by atoms with Gasteiger partial charge in [0.2, 0.25) is 5.88 Å². The normalized spacial score (nSPS) is 15.0. The lowest BCUT2D eigenvalue weighted by Gasteiger charge is -2.32. The zero-order chi connectivity index (χ0) is 23.0. The average Bonchev–Trinajstić information content (AvgIpc) is 3.22. The van der Waals surface area contributed by atoms with E-state index in [4.69, 9.17) is 4.74 Å². The van der Waals surface area contributed by atoms with Crippen molar-refractivity contribution in [1.82, 2.24) is 14.8 Å². The molecule has 12 heteroatoms. The van der Waals surface area contributed by atoms with Crippen LogP contribution < -0.4 is 15.0 Å². The minimum Gasteiger partial charge on any atom is -0.481 e. The summed E-state index contributed by atoms with van der Waals surface area (Å²) in [5, 5.41) is 6.78. The number of carbonyl (C=O) groups is 2. The first-order valence-electron chi connectivity index (χ1n) is 9.58. The number of nitrogens with one attached hydrogen (secondary N) is 1. The van der Waals surface area contributed by atoms with Gasteiger partial charge in [-0.2, -0.15) is 36.7 Å². The lowest BCUT2D eigenvalue weighted by atomic mass is 10.1. The number of halogens is 3. The number of fused-ring (bicyclic) bond motifs is 1. The van der Waals surface area contributed by atoms with E-state index in [1.54, 1.807) is 25.1 Å². The lowest BCUT2D eigenvalue weighted by molar-refractivity contribution is -0.137. The van der Waals surface area contributed by atoms with E-state index in [0.29, 0.717) is 11.6 Å². The summed E-state index contributed by atoms with van der Waals surface area (Å²) >= 11 is 0. The summed E-state index contributed by atoms with van der Waals surface area (Å²) in [4.78, 5) is 31.5. The predicted molar refractivity (Wildman–Crippen MR) is 126 cm³/mol. The SMILES string of the molecule is C.COc1cccc(NC(=O)c2cnn3c2C(=O)N(c2ccc(C(F)(F)F)cc2)C[C@@H]3C)n1.S. The Balaban J connectivity index is 0.00000204. The van der Waals surface area contributed by atoms with Gasteiger partial charge in [0.25, 0.3) is 11.8 Å². The summed E-state index contributed by atoms with van der Waals surface area (Å²) < 4.78 is 45.1. The Morgan fingerprint density at radius 2 is 1.85 bits per heavy atom. The summed E-state index contributed by atoms with van der Waals surface area (Å²) in [5.41, 5.74) is -0.440. The van der Waals surface area contributed by atoms with Crippen molar-refractivity contribution in [2.75, 3.05) is 23.9 Å². The van der Waals surface area contributed by atoms with Crippen molar-refractivity contribution in [3.63, 3.8) is 0 Å². The molecule has 3 heterocycles. The van der Waals surface area contributed by atoms with Gasteiger partial charge in [-0.05, 0) is 37.3 Å². The molecule has 0 fully saturated rings. The van der Waals surface area contributed by atoms with Gasteiger partial charge in [-0.25, -0.2) is 0 Å². The van der Waals surface area contributed by atoms with Gasteiger partial charge in [0.1, 0.15) is 11.5 Å². The zero-order valence-electron chi connectivity index (χ0n) is 17.6. The highest BCUT2D eigenvalue weighted by atomic mass is 32.1. The molecule has 0 spiro atoms. The molecule has 0 saturated carbocycles. The van der Waals surface area contributed by atoms with E-state index in [1.807, 2.05) is 0 Å². The molecule has 0 aliphatic carbocycles. The fourth-order valence-electron chi connectivity index (χ4n) is 3.46. The van der Waals surface area contributed by atoms with Crippen molar-refractivity contribution in [3.8, 4) is 5.88 Å². The molecule has 0 unspecified atom stereocenters. The smallest absolute Gasteiger partial charge is 0.416 e. The third-order valence-electron chi connectivity index (χ3n) is 5.03. The fourth-order valence-corrected chi connectivity index (χ4v) is 3.46. The Labute approximate surface area is 201 Å². The van der Waals surface area contributed by atoms with Crippen LogP contribution in [0.4, 0.5) is 24.7 Å². The van der Waals surface area contributed by atoms with Crippen LogP contribution in [-0.4, -0.2) is 40.2 Å². The number of benzene rings is 1. The maximum Gasteiger partial charge on any atom is 0.416 e. The van der Waals surface area contributed by atoms with Crippen molar-refractivity contribution in [3.05, 3.63) is 65.5 Å². The zero-order valence-corrected chi connectivity index (χ0v) is 18.6. The van der Waals surface area contributed by atoms with Crippen LogP contribution in [0.15, 0.2) is 48.7 Å². The molecule has 0 radical (unpaired) electrons. The van der Waals surface area contributed by atoms with Crippen LogP contribution in [0.1, 0.15) is 46.8 Å². The van der Waals surface area contributed by atoms with E-state index in [2.05, 4.69) is 15.4 Å². The Bertz CT molecular complexity index is 1180. The van der Waals surface area contributed by atoms with Crippen molar-refractivity contribution in [2.24, 2.45) is 0 Å². The molecule has 1 aliphatic heterocycles. The highest BCUT2D eigenvalue weighted by molar-refractivity contribution is 7.59. The summed E-state index contributed by atoms with van der Waals surface area (Å²) in [6.07, 6.45) is -3.19. The highest BCUT2D eigenvalue weighted by Crippen LogP contribution is 2.33. The van der Waals surface area contributed by atoms with Gasteiger partial charge in [-0.3, -0.25) is 14.3 Å². The number of ether oxygens (including phenoxy) is 1. The maximum atomic E-state index is 13.2. The molecule has 1 aromatic carbocycles. The Kier molecular flexibility index (Phi) is 7.98. The van der Waals surface area contributed by atoms with Crippen molar-refractivity contribution in [2.45, 2.75) is 26.6 Å². The van der Waals surface area contributed by atoms with Crippen molar-refractivity contribution >= 4 is 36.8 Å². The van der Waals surface area contributed by atoms with Crippen LogP contribution in [-0.2, 0) is 6.18 Å². The second-order valence-corrected chi connectivity index (χ2v) is 7.18. The Morgan fingerprint density at radius 1 is 1.18 bits per heavy atom. The molecule has 182 valence electrons. The molecule has 1 atom stereocenters. The molecule has 2 amide bonds. The number of carbonyl (C=O) groups excluding carboxylic acids is 2. The third kappa shape index (κ3) is 5.01. The van der Waals surface area contributed by atoms with E-state index in [9.17, 15) is 22.8 Å². The summed E-state index contributed by atoms with van der Waals surface area (Å²) in [7, 11) is 1.44. The topological polar surface area (TPSA) is 89.3 Å². The van der Waals surface area contributed by atoms with Crippen LogP contribution in [0, 0.1) is 0 Å². The van der Waals surface area contributed by atoms with E-state index in [1.165, 1.54) is 35.0 Å². The molecule has 4 rings (SSSR count). The molecule has 3 aromatic rings. The number of aromatic nitrogens is 3. The fraction of sp³-hybridized carbons (Fsp3) is 0.273. The van der Waals surface area contributed by atoms with Gasteiger partial charge in [0, 0.05) is 18.3 Å². The quantitative estimate of drug-likeness (QED) is 0.575. The van der Waals surface area contributed by atoms with Crippen LogP contribution in [0.2, 0.25) is 0 Å². The van der Waals surface area contributed by atoms with Gasteiger partial charge < -0.3 is 15.0 Å². The molecule has 8 nitrogen and oxygen atoms in total. The molecule has 34 heavy (non-hydrogen) atoms. The number of hydrogen-bond donors (Lipinski definition) is 1. The molecule has 1 aliphatic rings. The third-order valence-corrected chi connectivity index (χ3v) is 5.03. The predicted octanol–water partition coefficient (Wildman–Crippen LogP) is 4.53. The van der Waals surface area contributed by atoms with Crippen LogP contribution in [0.3, 0.4) is 0 Å². The van der Waals surface area contributed by atoms with E-state index in [0.717, 1.165) is 12.1 Å². The summed E-state index contributed by atoms with van der Waals surface area (Å²) in [6, 6.07) is 8.83. The molecule has 0 saturated heterocycles. The van der Waals surface area contributed by atoms with Gasteiger partial charge in [-0.1, -0.05) is 13.5 Å². The summed E-state index contributed by atoms with van der Waals surface area (Å²) in [5.74, 6) is -0.603. The van der Waals surface area contributed by atoms with Gasteiger partial charge >= 0.3 is 6.18 Å². The van der Waals surface area contributed by atoms with E-state index in [-0.39, 0.29) is 50.6 Å². The first kappa shape index (κ1) is 26.7. The molecule has 2 aromatic heterocycles. The van der Waals surface area contributed by atoms with Crippen LogP contribution in [0.5, 0.6) is 5.88 Å². The molecular weight excluding hydrogens is 471 g/mol. The first-order chi connectivity index (χ1) is 15.2. The number of nitrogens with zero attached hydrogens (tertiary/aromatic N) is 4.